The molecule has 0 fully saturated rings. The van der Waals surface area contributed by atoms with Gasteiger partial charge in [-0.3, -0.25) is 19.2 Å². The van der Waals surface area contributed by atoms with Gasteiger partial charge in [-0.1, -0.05) is 25.5 Å². The van der Waals surface area contributed by atoms with E-state index in [1.807, 2.05) is 31.2 Å². The van der Waals surface area contributed by atoms with Crippen molar-refractivity contribution >= 4 is 28.9 Å². The van der Waals surface area contributed by atoms with Crippen LogP contribution >= 0.6 is 0 Å². The highest BCUT2D eigenvalue weighted by Crippen LogP contribution is 2.39. The van der Waals surface area contributed by atoms with Crippen LogP contribution in [0.25, 0.3) is 0 Å². The molecule has 2 amide bonds. The first kappa shape index (κ1) is 21.0. The lowest BCUT2D eigenvalue weighted by Gasteiger charge is -2.23. The third-order valence-corrected chi connectivity index (χ3v) is 5.35. The molecule has 2 heterocycles. The molecule has 0 bridgehead atoms. The van der Waals surface area contributed by atoms with Crippen molar-refractivity contribution in [3.63, 3.8) is 0 Å². The number of amides is 2. The number of unbranched alkanes of at least 4 members (excludes halogenated alkanes) is 2. The van der Waals surface area contributed by atoms with E-state index in [1.165, 1.54) is 12.8 Å². The Bertz CT molecular complexity index is 889. The van der Waals surface area contributed by atoms with Crippen LogP contribution in [0.5, 0.6) is 0 Å². The summed E-state index contributed by atoms with van der Waals surface area (Å²) in [6, 6.07) is 7.43. The first-order valence-electron chi connectivity index (χ1n) is 10.4. The molecule has 0 saturated heterocycles. The summed E-state index contributed by atoms with van der Waals surface area (Å²) in [6.07, 6.45) is 4.60. The van der Waals surface area contributed by atoms with Crippen molar-refractivity contribution < 1.29 is 9.59 Å². The zero-order valence-electron chi connectivity index (χ0n) is 17.9. The Morgan fingerprint density at radius 2 is 1.90 bits per heavy atom. The number of anilines is 3. The number of nitrogens with zero attached hydrogens (tertiary/aromatic N) is 4. The highest BCUT2D eigenvalue weighted by molar-refractivity contribution is 6.17. The van der Waals surface area contributed by atoms with Crippen molar-refractivity contribution in [2.24, 2.45) is 7.05 Å². The summed E-state index contributed by atoms with van der Waals surface area (Å²) in [7, 11) is 3.86. The fraction of sp³-hybridized carbons (Fsp3) is 0.500. The lowest BCUT2D eigenvalue weighted by molar-refractivity contribution is -0.118. The number of aromatic nitrogens is 2. The number of fused-ring (bicyclic) bond motifs is 2. The lowest BCUT2D eigenvalue weighted by Crippen LogP contribution is -2.27. The largest absolute Gasteiger partial charge is 0.319 e. The van der Waals surface area contributed by atoms with Gasteiger partial charge in [0.05, 0.1) is 17.1 Å². The van der Waals surface area contributed by atoms with Crippen LogP contribution in [-0.4, -0.2) is 46.6 Å². The molecule has 0 unspecified atom stereocenters. The molecule has 1 N–H and O–H groups in total. The van der Waals surface area contributed by atoms with Gasteiger partial charge in [-0.05, 0) is 58.5 Å². The lowest BCUT2D eigenvalue weighted by atomic mass is 10.1. The molecule has 0 aliphatic carbocycles. The Balaban J connectivity index is 1.80. The van der Waals surface area contributed by atoms with Crippen LogP contribution in [0.15, 0.2) is 24.3 Å². The molecule has 7 heteroatoms. The average molecular weight is 398 g/mol. The Kier molecular flexibility index (Phi) is 6.69. The van der Waals surface area contributed by atoms with Crippen LogP contribution in [0.4, 0.5) is 17.1 Å². The van der Waals surface area contributed by atoms with Gasteiger partial charge >= 0.3 is 0 Å². The van der Waals surface area contributed by atoms with Gasteiger partial charge in [0, 0.05) is 13.5 Å². The quantitative estimate of drug-likeness (QED) is 0.687. The summed E-state index contributed by atoms with van der Waals surface area (Å²) in [6.45, 7) is 6.11. The third kappa shape index (κ3) is 4.50. The maximum absolute atomic E-state index is 13.3. The fourth-order valence-corrected chi connectivity index (χ4v) is 3.81. The van der Waals surface area contributed by atoms with Crippen molar-refractivity contribution in [2.75, 3.05) is 30.4 Å². The molecular formula is C22H31N5O2. The molecule has 7 nitrogen and oxygen atoms in total. The predicted molar refractivity (Wildman–Crippen MR) is 116 cm³/mol. The number of para-hydroxylation sites is 2. The van der Waals surface area contributed by atoms with Gasteiger partial charge in [0.1, 0.15) is 5.69 Å². The van der Waals surface area contributed by atoms with Crippen LogP contribution in [-0.2, 0) is 11.8 Å². The van der Waals surface area contributed by atoms with Gasteiger partial charge in [-0.15, -0.1) is 0 Å². The summed E-state index contributed by atoms with van der Waals surface area (Å²) in [5.41, 5.74) is 3.00. The maximum Gasteiger partial charge on any atom is 0.276 e. The number of hydrogen-bond donors (Lipinski definition) is 1. The third-order valence-electron chi connectivity index (χ3n) is 5.35. The second-order valence-electron chi connectivity index (χ2n) is 7.72. The molecule has 0 saturated carbocycles. The first-order chi connectivity index (χ1) is 13.9. The number of nitrogens with one attached hydrogen (secondary N) is 1. The minimum atomic E-state index is -0.247. The van der Waals surface area contributed by atoms with E-state index in [2.05, 4.69) is 29.3 Å². The number of hydrogen-bond acceptors (Lipinski definition) is 4. The van der Waals surface area contributed by atoms with Gasteiger partial charge in [0.25, 0.3) is 5.91 Å². The standard InChI is InChI=1S/C22H31N5O2/c1-5-6-14-25(3)15-10-9-13-19(28)27-18-12-8-7-11-17(18)23-22(29)21-20(27)16(2)24-26(21)4/h7-8,11-12H,5-6,9-10,13-15H2,1-4H3,(H,23,29). The topological polar surface area (TPSA) is 70.5 Å². The summed E-state index contributed by atoms with van der Waals surface area (Å²) < 4.78 is 1.55. The highest BCUT2D eigenvalue weighted by atomic mass is 16.2. The van der Waals surface area contributed by atoms with Crippen molar-refractivity contribution in [3.05, 3.63) is 35.7 Å². The molecule has 1 aromatic heterocycles. The van der Waals surface area contributed by atoms with Gasteiger partial charge < -0.3 is 10.2 Å². The normalized spacial score (nSPS) is 13.1. The fourth-order valence-electron chi connectivity index (χ4n) is 3.81. The van der Waals surface area contributed by atoms with E-state index < -0.39 is 0 Å². The minimum Gasteiger partial charge on any atom is -0.319 e. The first-order valence-corrected chi connectivity index (χ1v) is 10.4. The van der Waals surface area contributed by atoms with E-state index in [4.69, 9.17) is 0 Å². The van der Waals surface area contributed by atoms with Crippen LogP contribution in [0.1, 0.15) is 55.2 Å². The molecular weight excluding hydrogens is 366 g/mol. The summed E-state index contributed by atoms with van der Waals surface area (Å²) in [5.74, 6) is -0.258. The Morgan fingerprint density at radius 1 is 1.17 bits per heavy atom. The molecule has 156 valence electrons. The molecule has 1 aliphatic rings. The van der Waals surface area contributed by atoms with Crippen molar-refractivity contribution in [3.8, 4) is 0 Å². The van der Waals surface area contributed by atoms with Crippen LogP contribution < -0.4 is 10.2 Å². The number of aryl methyl sites for hydroxylation is 2. The van der Waals surface area contributed by atoms with Gasteiger partial charge in [-0.2, -0.15) is 5.10 Å². The molecule has 3 rings (SSSR count). The molecule has 1 aromatic carbocycles. The summed E-state index contributed by atoms with van der Waals surface area (Å²) >= 11 is 0. The number of benzene rings is 1. The second kappa shape index (κ2) is 9.22. The predicted octanol–water partition coefficient (Wildman–Crippen LogP) is 3.86. The molecule has 1 aliphatic heterocycles. The smallest absolute Gasteiger partial charge is 0.276 e. The molecule has 0 atom stereocenters. The number of carbonyl (C=O) groups excluding carboxylic acids is 2. The van der Waals surface area contributed by atoms with E-state index >= 15 is 0 Å². The van der Waals surface area contributed by atoms with Crippen LogP contribution in [0.2, 0.25) is 0 Å². The Hall–Kier alpha value is -2.67. The molecule has 2 aromatic rings. The van der Waals surface area contributed by atoms with E-state index in [9.17, 15) is 9.59 Å². The van der Waals surface area contributed by atoms with Crippen LogP contribution in [0, 0.1) is 6.92 Å². The summed E-state index contributed by atoms with van der Waals surface area (Å²) in [4.78, 5) is 30.1. The Labute approximate surface area is 172 Å². The molecule has 0 radical (unpaired) electrons. The second-order valence-corrected chi connectivity index (χ2v) is 7.72. The van der Waals surface area contributed by atoms with Crippen molar-refractivity contribution in [2.45, 2.75) is 46.0 Å². The SMILES string of the molecule is CCCCN(C)CCCCC(=O)N1c2ccccc2NC(=O)c2c1c(C)nn2C. The van der Waals surface area contributed by atoms with Gasteiger partial charge in [-0.25, -0.2) is 0 Å². The number of rotatable bonds is 8. The van der Waals surface area contributed by atoms with Crippen LogP contribution in [0.3, 0.4) is 0 Å². The van der Waals surface area contributed by atoms with Gasteiger partial charge in [0.2, 0.25) is 5.91 Å². The zero-order valence-corrected chi connectivity index (χ0v) is 17.9. The van der Waals surface area contributed by atoms with Gasteiger partial charge in [0.15, 0.2) is 5.69 Å². The average Bonchev–Trinajstić information content (AvgIpc) is 2.90. The molecule has 0 spiro atoms. The van der Waals surface area contributed by atoms with Crippen molar-refractivity contribution in [1.29, 1.82) is 0 Å². The Morgan fingerprint density at radius 3 is 2.66 bits per heavy atom. The van der Waals surface area contributed by atoms with E-state index in [0.29, 0.717) is 34.9 Å². The molecule has 29 heavy (non-hydrogen) atoms. The van der Waals surface area contributed by atoms with E-state index in [0.717, 1.165) is 25.9 Å². The monoisotopic (exact) mass is 397 g/mol. The minimum absolute atomic E-state index is 0.0116. The maximum atomic E-state index is 13.3. The highest BCUT2D eigenvalue weighted by Gasteiger charge is 2.33. The van der Waals surface area contributed by atoms with E-state index in [-0.39, 0.29) is 11.8 Å². The number of carbonyl (C=O) groups is 2. The van der Waals surface area contributed by atoms with E-state index in [1.54, 1.807) is 16.6 Å². The summed E-state index contributed by atoms with van der Waals surface area (Å²) in [5, 5.41) is 7.31. The zero-order chi connectivity index (χ0) is 21.0. The van der Waals surface area contributed by atoms with Crippen molar-refractivity contribution in [1.82, 2.24) is 14.7 Å².